The molecule has 0 bridgehead atoms. The number of hydrogen-bond donors (Lipinski definition) is 1. The molecular formula is C15H21ClN2. The molecule has 0 aromatic heterocycles. The van der Waals surface area contributed by atoms with Gasteiger partial charge in [0.05, 0.1) is 0 Å². The fourth-order valence-electron chi connectivity index (χ4n) is 3.31. The molecule has 2 heterocycles. The molecule has 3 heteroatoms. The molecule has 0 saturated carbocycles. The van der Waals surface area contributed by atoms with Crippen LogP contribution >= 0.6 is 11.6 Å². The van der Waals surface area contributed by atoms with E-state index in [9.17, 15) is 0 Å². The van der Waals surface area contributed by atoms with Crippen LogP contribution in [0.1, 0.15) is 44.2 Å². The molecule has 98 valence electrons. The van der Waals surface area contributed by atoms with Crippen molar-refractivity contribution in [1.82, 2.24) is 4.90 Å². The van der Waals surface area contributed by atoms with E-state index in [1.807, 2.05) is 6.07 Å². The maximum absolute atomic E-state index is 6.10. The summed E-state index contributed by atoms with van der Waals surface area (Å²) in [5, 5.41) is 4.39. The van der Waals surface area contributed by atoms with E-state index in [0.717, 1.165) is 5.02 Å². The summed E-state index contributed by atoms with van der Waals surface area (Å²) in [5.41, 5.74) is 2.66. The Morgan fingerprint density at radius 1 is 1.22 bits per heavy atom. The highest BCUT2D eigenvalue weighted by molar-refractivity contribution is 6.30. The van der Waals surface area contributed by atoms with Gasteiger partial charge in [-0.1, -0.05) is 24.1 Å². The number of hydrogen-bond acceptors (Lipinski definition) is 2. The third kappa shape index (κ3) is 2.36. The molecule has 1 aromatic rings. The lowest BCUT2D eigenvalue weighted by Crippen LogP contribution is -2.39. The monoisotopic (exact) mass is 264 g/mol. The maximum atomic E-state index is 6.10. The Balaban J connectivity index is 1.91. The number of halogens is 1. The number of benzene rings is 1. The minimum Gasteiger partial charge on any atom is -0.382 e. The van der Waals surface area contributed by atoms with Gasteiger partial charge in [0.15, 0.2) is 0 Å². The van der Waals surface area contributed by atoms with Gasteiger partial charge < -0.3 is 5.32 Å². The molecule has 2 atom stereocenters. The van der Waals surface area contributed by atoms with Crippen molar-refractivity contribution in [3.63, 3.8) is 0 Å². The minimum atomic E-state index is 0.530. The van der Waals surface area contributed by atoms with Crippen LogP contribution in [0.25, 0.3) is 0 Å². The van der Waals surface area contributed by atoms with Crippen LogP contribution in [-0.4, -0.2) is 24.0 Å². The van der Waals surface area contributed by atoms with Crippen LogP contribution < -0.4 is 5.32 Å². The highest BCUT2D eigenvalue weighted by atomic mass is 35.5. The van der Waals surface area contributed by atoms with Crippen molar-refractivity contribution >= 4 is 17.3 Å². The van der Waals surface area contributed by atoms with Crippen molar-refractivity contribution in [2.24, 2.45) is 0 Å². The first-order valence-electron chi connectivity index (χ1n) is 7.04. The highest BCUT2D eigenvalue weighted by Gasteiger charge is 2.29. The second-order valence-electron chi connectivity index (χ2n) is 5.63. The van der Waals surface area contributed by atoms with E-state index >= 15 is 0 Å². The van der Waals surface area contributed by atoms with E-state index in [2.05, 4.69) is 29.3 Å². The predicted molar refractivity (Wildman–Crippen MR) is 77.3 cm³/mol. The van der Waals surface area contributed by atoms with Gasteiger partial charge in [-0.05, 0) is 57.0 Å². The van der Waals surface area contributed by atoms with Crippen molar-refractivity contribution in [2.75, 3.05) is 18.4 Å². The van der Waals surface area contributed by atoms with Crippen LogP contribution in [0, 0.1) is 0 Å². The molecule has 0 spiro atoms. The molecule has 0 amide bonds. The van der Waals surface area contributed by atoms with Gasteiger partial charge in [0, 0.05) is 22.8 Å². The number of nitrogens with one attached hydrogen (secondary N) is 1. The molecule has 2 nitrogen and oxygen atoms in total. The number of nitrogens with zero attached hydrogens (tertiary/aromatic N) is 1. The van der Waals surface area contributed by atoms with Crippen LogP contribution in [0.4, 0.5) is 5.69 Å². The summed E-state index contributed by atoms with van der Waals surface area (Å²) in [6.45, 7) is 4.76. The van der Waals surface area contributed by atoms with Gasteiger partial charge in [-0.2, -0.15) is 0 Å². The first-order chi connectivity index (χ1) is 8.74. The number of fused-ring (bicyclic) bond motifs is 1. The molecule has 2 aliphatic heterocycles. The summed E-state index contributed by atoms with van der Waals surface area (Å²) >= 11 is 6.10. The van der Waals surface area contributed by atoms with E-state index in [0.29, 0.717) is 12.1 Å². The van der Waals surface area contributed by atoms with Gasteiger partial charge in [-0.3, -0.25) is 4.90 Å². The van der Waals surface area contributed by atoms with Crippen molar-refractivity contribution in [1.29, 1.82) is 0 Å². The summed E-state index contributed by atoms with van der Waals surface area (Å²) in [6.07, 6.45) is 5.29. The van der Waals surface area contributed by atoms with Gasteiger partial charge in [0.25, 0.3) is 0 Å². The third-order valence-electron chi connectivity index (χ3n) is 4.18. The Hall–Kier alpha value is -0.730. The molecule has 2 aliphatic rings. The number of anilines is 1. The summed E-state index contributed by atoms with van der Waals surface area (Å²) in [7, 11) is 0. The average Bonchev–Trinajstić information content (AvgIpc) is 2.38. The van der Waals surface area contributed by atoms with Crippen LogP contribution in [0.5, 0.6) is 0 Å². The number of rotatable bonds is 1. The lowest BCUT2D eigenvalue weighted by molar-refractivity contribution is 0.149. The van der Waals surface area contributed by atoms with Crippen LogP contribution in [0.15, 0.2) is 18.2 Å². The summed E-state index contributed by atoms with van der Waals surface area (Å²) in [5.74, 6) is 0. The van der Waals surface area contributed by atoms with Gasteiger partial charge in [-0.15, -0.1) is 0 Å². The van der Waals surface area contributed by atoms with Gasteiger partial charge in [0.1, 0.15) is 0 Å². The van der Waals surface area contributed by atoms with Crippen molar-refractivity contribution in [2.45, 2.75) is 44.7 Å². The molecule has 1 aromatic carbocycles. The second kappa shape index (κ2) is 5.10. The molecule has 0 aliphatic carbocycles. The van der Waals surface area contributed by atoms with Crippen molar-refractivity contribution < 1.29 is 0 Å². The summed E-state index contributed by atoms with van der Waals surface area (Å²) in [4.78, 5) is 2.66. The zero-order chi connectivity index (χ0) is 12.5. The zero-order valence-electron chi connectivity index (χ0n) is 11.0. The quantitative estimate of drug-likeness (QED) is 0.823. The van der Waals surface area contributed by atoms with E-state index < -0.39 is 0 Å². The van der Waals surface area contributed by atoms with Crippen LogP contribution in [0.3, 0.4) is 0 Å². The average molecular weight is 265 g/mol. The molecule has 2 unspecified atom stereocenters. The molecule has 3 rings (SSSR count). The first-order valence-corrected chi connectivity index (χ1v) is 7.42. The van der Waals surface area contributed by atoms with E-state index in [-0.39, 0.29) is 0 Å². The Bertz CT molecular complexity index is 427. The number of likely N-dealkylation sites (tertiary alicyclic amines) is 1. The first kappa shape index (κ1) is 12.3. The molecule has 1 fully saturated rings. The van der Waals surface area contributed by atoms with Gasteiger partial charge in [0.2, 0.25) is 0 Å². The maximum Gasteiger partial charge on any atom is 0.0426 e. The third-order valence-corrected chi connectivity index (χ3v) is 4.42. The zero-order valence-corrected chi connectivity index (χ0v) is 11.7. The molecular weight excluding hydrogens is 244 g/mol. The SMILES string of the molecule is CC1CC(N2CCCCC2)c2ccc(Cl)cc2N1. The lowest BCUT2D eigenvalue weighted by Gasteiger charge is -2.40. The smallest absolute Gasteiger partial charge is 0.0426 e. The second-order valence-corrected chi connectivity index (χ2v) is 6.06. The lowest BCUT2D eigenvalue weighted by atomic mass is 9.91. The molecule has 0 radical (unpaired) electrons. The largest absolute Gasteiger partial charge is 0.382 e. The standard InChI is InChI=1S/C15H21ClN2/c1-11-9-15(18-7-3-2-4-8-18)13-6-5-12(16)10-14(13)17-11/h5-6,10-11,15,17H,2-4,7-9H2,1H3. The summed E-state index contributed by atoms with van der Waals surface area (Å²) < 4.78 is 0. The molecule has 18 heavy (non-hydrogen) atoms. The van der Waals surface area contributed by atoms with Crippen molar-refractivity contribution in [3.05, 3.63) is 28.8 Å². The minimum absolute atomic E-state index is 0.530. The number of piperidine rings is 1. The Morgan fingerprint density at radius 2 is 2.00 bits per heavy atom. The Labute approximate surface area is 114 Å². The molecule has 1 saturated heterocycles. The summed E-state index contributed by atoms with van der Waals surface area (Å²) in [6, 6.07) is 7.41. The highest BCUT2D eigenvalue weighted by Crippen LogP contribution is 2.38. The van der Waals surface area contributed by atoms with Crippen LogP contribution in [-0.2, 0) is 0 Å². The predicted octanol–water partition coefficient (Wildman–Crippen LogP) is 4.07. The van der Waals surface area contributed by atoms with Gasteiger partial charge in [-0.25, -0.2) is 0 Å². The fourth-order valence-corrected chi connectivity index (χ4v) is 3.48. The van der Waals surface area contributed by atoms with E-state index in [1.165, 1.54) is 50.0 Å². The normalized spacial score (nSPS) is 28.6. The van der Waals surface area contributed by atoms with Gasteiger partial charge >= 0.3 is 0 Å². The Kier molecular flexibility index (Phi) is 3.49. The van der Waals surface area contributed by atoms with Crippen LogP contribution in [0.2, 0.25) is 5.02 Å². The van der Waals surface area contributed by atoms with Crippen molar-refractivity contribution in [3.8, 4) is 0 Å². The van der Waals surface area contributed by atoms with E-state index in [4.69, 9.17) is 11.6 Å². The van der Waals surface area contributed by atoms with E-state index in [1.54, 1.807) is 0 Å². The Morgan fingerprint density at radius 3 is 2.78 bits per heavy atom. The molecule has 1 N–H and O–H groups in total. The fraction of sp³-hybridized carbons (Fsp3) is 0.600. The topological polar surface area (TPSA) is 15.3 Å².